The van der Waals surface area contributed by atoms with Crippen molar-refractivity contribution in [1.82, 2.24) is 0 Å². The predicted molar refractivity (Wildman–Crippen MR) is 93.4 cm³/mol. The number of hydrogen-bond donors (Lipinski definition) is 2. The van der Waals surface area contributed by atoms with Gasteiger partial charge in [-0.2, -0.15) is 0 Å². The van der Waals surface area contributed by atoms with Gasteiger partial charge < -0.3 is 15.3 Å². The average molecular weight is 324 g/mol. The zero-order chi connectivity index (χ0) is 16.9. The molecule has 2 aromatic rings. The largest absolute Gasteiger partial charge is 0.480 e. The molecule has 0 spiro atoms. The second-order valence-electron chi connectivity index (χ2n) is 5.97. The first-order valence-electron chi connectivity index (χ1n) is 8.05. The Bertz CT molecular complexity index is 744. The summed E-state index contributed by atoms with van der Waals surface area (Å²) in [5, 5.41) is 12.0. The highest BCUT2D eigenvalue weighted by molar-refractivity contribution is 5.95. The monoisotopic (exact) mass is 324 g/mol. The van der Waals surface area contributed by atoms with E-state index in [2.05, 4.69) is 11.4 Å². The maximum Gasteiger partial charge on any atom is 0.323 e. The molecule has 0 saturated carbocycles. The van der Waals surface area contributed by atoms with Crippen LogP contribution in [0.3, 0.4) is 0 Å². The van der Waals surface area contributed by atoms with Gasteiger partial charge in [-0.3, -0.25) is 9.59 Å². The summed E-state index contributed by atoms with van der Waals surface area (Å²) in [5.74, 6) is -1.19. The van der Waals surface area contributed by atoms with Crippen LogP contribution in [0.1, 0.15) is 17.5 Å². The molecule has 0 aliphatic heterocycles. The third-order valence-electron chi connectivity index (χ3n) is 4.16. The van der Waals surface area contributed by atoms with E-state index in [0.29, 0.717) is 5.69 Å². The van der Waals surface area contributed by atoms with E-state index >= 15 is 0 Å². The topological polar surface area (TPSA) is 69.6 Å². The molecule has 0 unspecified atom stereocenters. The normalized spacial score (nSPS) is 12.5. The molecule has 1 aliphatic carbocycles. The molecule has 0 heterocycles. The molecule has 5 heteroatoms. The van der Waals surface area contributed by atoms with Crippen LogP contribution in [0.25, 0.3) is 0 Å². The number of carboxylic acids is 1. The zero-order valence-electron chi connectivity index (χ0n) is 13.4. The van der Waals surface area contributed by atoms with Crippen LogP contribution in [0.4, 0.5) is 11.4 Å². The van der Waals surface area contributed by atoms with Crippen molar-refractivity contribution in [2.75, 3.05) is 23.3 Å². The Morgan fingerprint density at radius 2 is 1.75 bits per heavy atom. The van der Waals surface area contributed by atoms with Gasteiger partial charge in [0.15, 0.2) is 0 Å². The van der Waals surface area contributed by atoms with Crippen molar-refractivity contribution in [3.8, 4) is 0 Å². The number of nitrogens with zero attached hydrogens (tertiary/aromatic N) is 1. The molecule has 0 radical (unpaired) electrons. The van der Waals surface area contributed by atoms with Gasteiger partial charge in [0.05, 0.1) is 6.54 Å². The number of rotatable bonds is 6. The molecule has 3 rings (SSSR count). The van der Waals surface area contributed by atoms with E-state index in [1.165, 1.54) is 11.1 Å². The highest BCUT2D eigenvalue weighted by Gasteiger charge is 2.16. The molecule has 2 aromatic carbocycles. The van der Waals surface area contributed by atoms with Crippen LogP contribution >= 0.6 is 0 Å². The third-order valence-corrected chi connectivity index (χ3v) is 4.16. The number of carbonyl (C=O) groups is 2. The average Bonchev–Trinajstić information content (AvgIpc) is 3.02. The van der Waals surface area contributed by atoms with Gasteiger partial charge in [-0.25, -0.2) is 0 Å². The highest BCUT2D eigenvalue weighted by atomic mass is 16.4. The molecule has 24 heavy (non-hydrogen) atoms. The van der Waals surface area contributed by atoms with Crippen LogP contribution in [0, 0.1) is 0 Å². The summed E-state index contributed by atoms with van der Waals surface area (Å²) in [5.41, 5.74) is 4.12. The molecular weight excluding hydrogens is 304 g/mol. The zero-order valence-corrected chi connectivity index (χ0v) is 13.4. The lowest BCUT2D eigenvalue weighted by Crippen LogP contribution is -2.37. The molecule has 0 saturated heterocycles. The van der Waals surface area contributed by atoms with E-state index in [-0.39, 0.29) is 19.0 Å². The lowest BCUT2D eigenvalue weighted by molar-refractivity contribution is -0.135. The first-order valence-corrected chi connectivity index (χ1v) is 8.05. The Labute approximate surface area is 140 Å². The molecule has 0 fully saturated rings. The summed E-state index contributed by atoms with van der Waals surface area (Å²) < 4.78 is 0. The van der Waals surface area contributed by atoms with Crippen molar-refractivity contribution in [2.24, 2.45) is 0 Å². The second-order valence-corrected chi connectivity index (χ2v) is 5.97. The minimum atomic E-state index is -0.968. The van der Waals surface area contributed by atoms with Gasteiger partial charge in [-0.05, 0) is 54.7 Å². The fraction of sp³-hybridized carbons (Fsp3) is 0.263. The van der Waals surface area contributed by atoms with Crippen molar-refractivity contribution in [3.05, 3.63) is 59.7 Å². The Hall–Kier alpha value is -2.82. The number of hydrogen-bond acceptors (Lipinski definition) is 3. The quantitative estimate of drug-likeness (QED) is 0.857. The number of nitrogens with one attached hydrogen (secondary N) is 1. The van der Waals surface area contributed by atoms with Crippen molar-refractivity contribution >= 4 is 23.3 Å². The lowest BCUT2D eigenvalue weighted by atomic mass is 10.1. The molecule has 1 amide bonds. The van der Waals surface area contributed by atoms with Gasteiger partial charge in [0, 0.05) is 11.4 Å². The van der Waals surface area contributed by atoms with Crippen LogP contribution in [0.5, 0.6) is 0 Å². The molecule has 5 nitrogen and oxygen atoms in total. The number of aliphatic carboxylic acids is 1. The molecule has 2 N–H and O–H groups in total. The van der Waals surface area contributed by atoms with E-state index in [1.54, 1.807) is 17.0 Å². The van der Waals surface area contributed by atoms with Gasteiger partial charge in [0.1, 0.15) is 6.54 Å². The number of carbonyl (C=O) groups excluding carboxylic acids is 1. The van der Waals surface area contributed by atoms with E-state index < -0.39 is 5.97 Å². The number of para-hydroxylation sites is 1. The Morgan fingerprint density at radius 3 is 2.50 bits per heavy atom. The standard InChI is InChI=1S/C19H20N2O3/c22-18(20-16-10-9-14-5-4-6-15(14)11-16)12-21(13-19(23)24)17-7-2-1-3-8-17/h1-3,7-11H,4-6,12-13H2,(H,20,22)(H,23,24). The van der Waals surface area contributed by atoms with Gasteiger partial charge in [0.2, 0.25) is 5.91 Å². The Kier molecular flexibility index (Phi) is 4.79. The Morgan fingerprint density at radius 1 is 1.00 bits per heavy atom. The first-order chi connectivity index (χ1) is 11.6. The number of anilines is 2. The Balaban J connectivity index is 1.68. The summed E-state index contributed by atoms with van der Waals surface area (Å²) in [6.07, 6.45) is 3.31. The number of fused-ring (bicyclic) bond motifs is 1. The fourth-order valence-electron chi connectivity index (χ4n) is 3.06. The first kappa shape index (κ1) is 16.1. The van der Waals surface area contributed by atoms with Gasteiger partial charge >= 0.3 is 5.97 Å². The number of benzene rings is 2. The van der Waals surface area contributed by atoms with Crippen molar-refractivity contribution in [2.45, 2.75) is 19.3 Å². The third kappa shape index (κ3) is 3.93. The van der Waals surface area contributed by atoms with E-state index in [0.717, 1.165) is 24.9 Å². The van der Waals surface area contributed by atoms with E-state index in [4.69, 9.17) is 5.11 Å². The van der Waals surface area contributed by atoms with Crippen LogP contribution in [0.15, 0.2) is 48.5 Å². The smallest absolute Gasteiger partial charge is 0.323 e. The van der Waals surface area contributed by atoms with Crippen molar-refractivity contribution in [3.63, 3.8) is 0 Å². The van der Waals surface area contributed by atoms with Crippen LogP contribution in [-0.2, 0) is 22.4 Å². The fourth-order valence-corrected chi connectivity index (χ4v) is 3.06. The lowest BCUT2D eigenvalue weighted by Gasteiger charge is -2.22. The predicted octanol–water partition coefficient (Wildman–Crippen LogP) is 2.71. The van der Waals surface area contributed by atoms with Crippen LogP contribution < -0.4 is 10.2 Å². The maximum absolute atomic E-state index is 12.3. The molecular formula is C19H20N2O3. The summed E-state index contributed by atoms with van der Waals surface area (Å²) in [7, 11) is 0. The SMILES string of the molecule is O=C(O)CN(CC(=O)Nc1ccc2c(c1)CCC2)c1ccccc1. The number of aryl methyl sites for hydroxylation is 2. The highest BCUT2D eigenvalue weighted by Crippen LogP contribution is 2.25. The van der Waals surface area contributed by atoms with Gasteiger partial charge in [0.25, 0.3) is 0 Å². The van der Waals surface area contributed by atoms with Crippen molar-refractivity contribution in [1.29, 1.82) is 0 Å². The van der Waals surface area contributed by atoms with Crippen LogP contribution in [0.2, 0.25) is 0 Å². The van der Waals surface area contributed by atoms with Gasteiger partial charge in [-0.15, -0.1) is 0 Å². The van der Waals surface area contributed by atoms with E-state index in [1.807, 2.05) is 30.3 Å². The number of amides is 1. The maximum atomic E-state index is 12.3. The van der Waals surface area contributed by atoms with Gasteiger partial charge in [-0.1, -0.05) is 24.3 Å². The minimum Gasteiger partial charge on any atom is -0.480 e. The summed E-state index contributed by atoms with van der Waals surface area (Å²) >= 11 is 0. The van der Waals surface area contributed by atoms with Crippen molar-refractivity contribution < 1.29 is 14.7 Å². The number of carboxylic acid groups (broad SMARTS) is 1. The molecule has 0 atom stereocenters. The van der Waals surface area contributed by atoms with E-state index in [9.17, 15) is 9.59 Å². The second kappa shape index (κ2) is 7.17. The molecule has 1 aliphatic rings. The summed E-state index contributed by atoms with van der Waals surface area (Å²) in [6.45, 7) is -0.227. The summed E-state index contributed by atoms with van der Waals surface area (Å²) in [6, 6.07) is 15.1. The van der Waals surface area contributed by atoms with Crippen LogP contribution in [-0.4, -0.2) is 30.1 Å². The molecule has 124 valence electrons. The molecule has 0 bridgehead atoms. The molecule has 0 aromatic heterocycles. The summed E-state index contributed by atoms with van der Waals surface area (Å²) in [4.78, 5) is 25.0. The minimum absolute atomic E-state index is 0.00655.